The van der Waals surface area contributed by atoms with Crippen LogP contribution >= 0.6 is 0 Å². The first kappa shape index (κ1) is 7.59. The molecule has 1 saturated carbocycles. The molecule has 0 heterocycles. The van der Waals surface area contributed by atoms with Crippen LogP contribution in [-0.4, -0.2) is 0 Å². The fourth-order valence-corrected chi connectivity index (χ4v) is 1.73. The maximum absolute atomic E-state index is 4.01. The van der Waals surface area contributed by atoms with Gasteiger partial charge in [0.25, 0.3) is 0 Å². The molecule has 1 aliphatic rings. The lowest BCUT2D eigenvalue weighted by atomic mass is 9.78. The third kappa shape index (κ3) is 1.31. The molecule has 2 atom stereocenters. The van der Waals surface area contributed by atoms with Crippen molar-refractivity contribution in [1.82, 2.24) is 0 Å². The van der Waals surface area contributed by atoms with Crippen LogP contribution in [0.5, 0.6) is 0 Å². The molecule has 1 aliphatic carbocycles. The lowest BCUT2D eigenvalue weighted by Gasteiger charge is -2.27. The van der Waals surface area contributed by atoms with E-state index in [9.17, 15) is 0 Å². The molecule has 0 amide bonds. The summed E-state index contributed by atoms with van der Waals surface area (Å²) in [5.74, 6) is 1.48. The van der Waals surface area contributed by atoms with E-state index in [0.717, 1.165) is 12.3 Å². The minimum Gasteiger partial charge on any atom is -0.0956 e. The molecule has 0 radical (unpaired) electrons. The zero-order chi connectivity index (χ0) is 7.72. The Morgan fingerprint density at radius 2 is 1.90 bits per heavy atom. The zero-order valence-electron chi connectivity index (χ0n) is 6.98. The van der Waals surface area contributed by atoms with E-state index in [1.165, 1.54) is 17.6 Å². The van der Waals surface area contributed by atoms with Crippen molar-refractivity contribution >= 4 is 0 Å². The molecule has 1 rings (SSSR count). The van der Waals surface area contributed by atoms with Crippen molar-refractivity contribution < 1.29 is 0 Å². The molecule has 0 spiro atoms. The van der Waals surface area contributed by atoms with E-state index in [4.69, 9.17) is 0 Å². The van der Waals surface area contributed by atoms with E-state index in [0.29, 0.717) is 5.92 Å². The van der Waals surface area contributed by atoms with Crippen LogP contribution in [0, 0.1) is 11.8 Å². The highest BCUT2D eigenvalue weighted by Gasteiger charge is 2.20. The molecule has 0 unspecified atom stereocenters. The van der Waals surface area contributed by atoms with E-state index < -0.39 is 0 Å². The quantitative estimate of drug-likeness (QED) is 0.480. The van der Waals surface area contributed by atoms with E-state index in [1.54, 1.807) is 0 Å². The fourth-order valence-electron chi connectivity index (χ4n) is 1.73. The first-order chi connectivity index (χ1) is 4.61. The summed E-state index contributed by atoms with van der Waals surface area (Å²) >= 11 is 0. The SMILES string of the molecule is C=C1C[C@H](C)C[C@H](C)C1=C. The predicted molar refractivity (Wildman–Crippen MR) is 45.8 cm³/mol. The Labute approximate surface area is 63.6 Å². The average Bonchev–Trinajstić information content (AvgIpc) is 1.82. The first-order valence-electron chi connectivity index (χ1n) is 3.98. The van der Waals surface area contributed by atoms with E-state index in [1.807, 2.05) is 0 Å². The first-order valence-corrected chi connectivity index (χ1v) is 3.98. The maximum Gasteiger partial charge on any atom is -0.0191 e. The van der Waals surface area contributed by atoms with Crippen molar-refractivity contribution in [3.05, 3.63) is 24.3 Å². The topological polar surface area (TPSA) is 0 Å². The second-order valence-electron chi connectivity index (χ2n) is 3.57. The van der Waals surface area contributed by atoms with Gasteiger partial charge in [0.2, 0.25) is 0 Å². The number of rotatable bonds is 0. The van der Waals surface area contributed by atoms with Crippen molar-refractivity contribution in [2.75, 3.05) is 0 Å². The molecule has 0 saturated heterocycles. The van der Waals surface area contributed by atoms with Crippen LogP contribution in [0.25, 0.3) is 0 Å². The molecule has 0 aromatic heterocycles. The average molecular weight is 136 g/mol. The van der Waals surface area contributed by atoms with Crippen molar-refractivity contribution in [2.24, 2.45) is 11.8 Å². The molecule has 0 aromatic rings. The summed E-state index contributed by atoms with van der Waals surface area (Å²) in [5, 5.41) is 0. The maximum atomic E-state index is 4.01. The molecule has 1 fully saturated rings. The Morgan fingerprint density at radius 1 is 1.30 bits per heavy atom. The summed E-state index contributed by atoms with van der Waals surface area (Å²) in [6.07, 6.45) is 2.45. The van der Waals surface area contributed by atoms with E-state index in [2.05, 4.69) is 27.0 Å². The van der Waals surface area contributed by atoms with Gasteiger partial charge in [0.1, 0.15) is 0 Å². The molecule has 0 N–H and O–H groups in total. The molecule has 0 heteroatoms. The van der Waals surface area contributed by atoms with E-state index >= 15 is 0 Å². The van der Waals surface area contributed by atoms with Crippen molar-refractivity contribution in [1.29, 1.82) is 0 Å². The minimum absolute atomic E-state index is 0.663. The smallest absolute Gasteiger partial charge is 0.0191 e. The van der Waals surface area contributed by atoms with Crippen LogP contribution in [-0.2, 0) is 0 Å². The normalized spacial score (nSPS) is 34.6. The molecular formula is C10H16. The molecule has 0 bridgehead atoms. The van der Waals surface area contributed by atoms with Gasteiger partial charge < -0.3 is 0 Å². The standard InChI is InChI=1S/C10H16/c1-7-5-8(2)10(4)9(3)6-7/h7,9H,2,4-6H2,1,3H3/t7-,9-/m0/s1. The summed E-state index contributed by atoms with van der Waals surface area (Å²) in [7, 11) is 0. The Bertz CT molecular complexity index is 165. The Morgan fingerprint density at radius 3 is 2.40 bits per heavy atom. The molecule has 0 aliphatic heterocycles. The van der Waals surface area contributed by atoms with E-state index in [-0.39, 0.29) is 0 Å². The number of allylic oxidation sites excluding steroid dienone is 2. The molecular weight excluding hydrogens is 120 g/mol. The van der Waals surface area contributed by atoms with Gasteiger partial charge in [-0.1, -0.05) is 32.6 Å². The highest BCUT2D eigenvalue weighted by Crippen LogP contribution is 2.34. The lowest BCUT2D eigenvalue weighted by molar-refractivity contribution is 0.418. The van der Waals surface area contributed by atoms with Gasteiger partial charge >= 0.3 is 0 Å². The van der Waals surface area contributed by atoms with Crippen LogP contribution in [0.1, 0.15) is 26.7 Å². The minimum atomic E-state index is 0.663. The Balaban J connectivity index is 2.66. The van der Waals surface area contributed by atoms with Crippen LogP contribution in [0.2, 0.25) is 0 Å². The second-order valence-corrected chi connectivity index (χ2v) is 3.57. The Hall–Kier alpha value is -0.520. The van der Waals surface area contributed by atoms with Crippen molar-refractivity contribution in [3.63, 3.8) is 0 Å². The molecule has 10 heavy (non-hydrogen) atoms. The number of hydrogen-bond acceptors (Lipinski definition) is 0. The monoisotopic (exact) mass is 136 g/mol. The van der Waals surface area contributed by atoms with Crippen molar-refractivity contribution in [2.45, 2.75) is 26.7 Å². The van der Waals surface area contributed by atoms with Gasteiger partial charge in [0, 0.05) is 0 Å². The molecule has 56 valence electrons. The molecule has 0 nitrogen and oxygen atoms in total. The van der Waals surface area contributed by atoms with Crippen LogP contribution in [0.3, 0.4) is 0 Å². The van der Waals surface area contributed by atoms with Crippen molar-refractivity contribution in [3.8, 4) is 0 Å². The molecule has 0 aromatic carbocycles. The third-order valence-corrected chi connectivity index (χ3v) is 2.40. The van der Waals surface area contributed by atoms with Gasteiger partial charge in [0.05, 0.1) is 0 Å². The lowest BCUT2D eigenvalue weighted by Crippen LogP contribution is -2.14. The summed E-state index contributed by atoms with van der Waals surface area (Å²) in [4.78, 5) is 0. The second kappa shape index (κ2) is 2.61. The fraction of sp³-hybridized carbons (Fsp3) is 0.600. The Kier molecular flexibility index (Phi) is 1.98. The predicted octanol–water partition coefficient (Wildman–Crippen LogP) is 3.16. The van der Waals surface area contributed by atoms with Gasteiger partial charge in [-0.2, -0.15) is 0 Å². The summed E-state index contributed by atoms with van der Waals surface area (Å²) in [6.45, 7) is 12.5. The zero-order valence-corrected chi connectivity index (χ0v) is 6.98. The summed E-state index contributed by atoms with van der Waals surface area (Å²) in [6, 6.07) is 0. The van der Waals surface area contributed by atoms with Crippen LogP contribution < -0.4 is 0 Å². The summed E-state index contributed by atoms with van der Waals surface area (Å²) in [5.41, 5.74) is 2.55. The van der Waals surface area contributed by atoms with Gasteiger partial charge in [0.15, 0.2) is 0 Å². The number of hydrogen-bond donors (Lipinski definition) is 0. The van der Waals surface area contributed by atoms with Gasteiger partial charge in [-0.25, -0.2) is 0 Å². The largest absolute Gasteiger partial charge is 0.0956 e. The van der Waals surface area contributed by atoms with Gasteiger partial charge in [-0.3, -0.25) is 0 Å². The highest BCUT2D eigenvalue weighted by atomic mass is 14.3. The van der Waals surface area contributed by atoms with Crippen LogP contribution in [0.15, 0.2) is 24.3 Å². The third-order valence-electron chi connectivity index (χ3n) is 2.40. The van der Waals surface area contributed by atoms with Gasteiger partial charge in [-0.15, -0.1) is 0 Å². The summed E-state index contributed by atoms with van der Waals surface area (Å²) < 4.78 is 0. The van der Waals surface area contributed by atoms with Crippen LogP contribution in [0.4, 0.5) is 0 Å². The highest BCUT2D eigenvalue weighted by molar-refractivity contribution is 5.29. The van der Waals surface area contributed by atoms with Gasteiger partial charge in [-0.05, 0) is 30.3 Å².